The van der Waals surface area contributed by atoms with Gasteiger partial charge in [0.2, 0.25) is 5.75 Å². The monoisotopic (exact) mass is 279 g/mol. The summed E-state index contributed by atoms with van der Waals surface area (Å²) in [4.78, 5) is 9.69. The smallest absolute Gasteiger partial charge is 0.312 e. The van der Waals surface area contributed by atoms with Crippen LogP contribution in [-0.2, 0) is 15.5 Å². The normalized spacial score (nSPS) is 11.2. The van der Waals surface area contributed by atoms with E-state index in [0.29, 0.717) is 12.0 Å². The molecule has 1 rings (SSSR count). The summed E-state index contributed by atoms with van der Waals surface area (Å²) >= 11 is 0. The number of ether oxygens (including phenoxy) is 1. The molecule has 1 aromatic rings. The fourth-order valence-electron chi connectivity index (χ4n) is 1.48. The molecule has 0 aromatic heterocycles. The second-order valence-corrected chi connectivity index (χ2v) is 5.66. The SMILES string of the molecule is CCc1ccc([N+](=O)[O-])c(OC)c1S(=O)(=O)Cl. The van der Waals surface area contributed by atoms with Crippen molar-refractivity contribution in [1.82, 2.24) is 0 Å². The quantitative estimate of drug-likeness (QED) is 0.478. The van der Waals surface area contributed by atoms with Gasteiger partial charge in [-0.05, 0) is 12.0 Å². The van der Waals surface area contributed by atoms with Gasteiger partial charge in [-0.25, -0.2) is 8.42 Å². The summed E-state index contributed by atoms with van der Waals surface area (Å²) in [5.74, 6) is -0.329. The van der Waals surface area contributed by atoms with Crippen LogP contribution in [0.5, 0.6) is 5.75 Å². The van der Waals surface area contributed by atoms with Gasteiger partial charge in [0, 0.05) is 16.7 Å². The highest BCUT2D eigenvalue weighted by atomic mass is 35.7. The van der Waals surface area contributed by atoms with Gasteiger partial charge in [0.15, 0.2) is 0 Å². The molecule has 8 heteroatoms. The molecule has 0 N–H and O–H groups in total. The van der Waals surface area contributed by atoms with Crippen molar-refractivity contribution in [3.05, 3.63) is 27.8 Å². The zero-order chi connectivity index (χ0) is 13.2. The molecule has 0 heterocycles. The predicted octanol–water partition coefficient (Wildman–Crippen LogP) is 2.09. The van der Waals surface area contributed by atoms with Crippen LogP contribution in [-0.4, -0.2) is 20.5 Å². The molecule has 1 aromatic carbocycles. The van der Waals surface area contributed by atoms with Crippen LogP contribution in [0.4, 0.5) is 5.69 Å². The minimum atomic E-state index is -4.10. The minimum Gasteiger partial charge on any atom is -0.489 e. The zero-order valence-electron chi connectivity index (χ0n) is 9.14. The Labute approximate surface area is 103 Å². The Morgan fingerprint density at radius 1 is 1.47 bits per heavy atom. The van der Waals surface area contributed by atoms with Crippen molar-refractivity contribution in [3.63, 3.8) is 0 Å². The van der Waals surface area contributed by atoms with Gasteiger partial charge in [0.05, 0.1) is 12.0 Å². The number of hydrogen-bond acceptors (Lipinski definition) is 5. The van der Waals surface area contributed by atoms with E-state index in [0.717, 1.165) is 7.11 Å². The number of methoxy groups -OCH3 is 1. The van der Waals surface area contributed by atoms with Crippen molar-refractivity contribution in [2.45, 2.75) is 18.2 Å². The van der Waals surface area contributed by atoms with Gasteiger partial charge in [-0.2, -0.15) is 0 Å². The lowest BCUT2D eigenvalue weighted by Gasteiger charge is -2.10. The molecule has 94 valence electrons. The number of nitro benzene ring substituents is 1. The van der Waals surface area contributed by atoms with Gasteiger partial charge in [0.1, 0.15) is 4.90 Å². The third-order valence-corrected chi connectivity index (χ3v) is 3.60. The van der Waals surface area contributed by atoms with Crippen molar-refractivity contribution >= 4 is 25.4 Å². The molecule has 0 saturated carbocycles. The third-order valence-electron chi connectivity index (χ3n) is 2.20. The lowest BCUT2D eigenvalue weighted by Crippen LogP contribution is -2.04. The number of rotatable bonds is 4. The lowest BCUT2D eigenvalue weighted by molar-refractivity contribution is -0.386. The number of benzene rings is 1. The van der Waals surface area contributed by atoms with Crippen LogP contribution in [0.15, 0.2) is 17.0 Å². The van der Waals surface area contributed by atoms with Crippen molar-refractivity contribution in [2.24, 2.45) is 0 Å². The van der Waals surface area contributed by atoms with E-state index in [1.807, 2.05) is 0 Å². The van der Waals surface area contributed by atoms with E-state index in [1.165, 1.54) is 12.1 Å². The molecule has 0 radical (unpaired) electrons. The highest BCUT2D eigenvalue weighted by molar-refractivity contribution is 8.13. The van der Waals surface area contributed by atoms with E-state index in [9.17, 15) is 18.5 Å². The van der Waals surface area contributed by atoms with Crippen molar-refractivity contribution in [2.75, 3.05) is 7.11 Å². The van der Waals surface area contributed by atoms with E-state index in [-0.39, 0.29) is 10.6 Å². The Balaban J connectivity index is 3.73. The van der Waals surface area contributed by atoms with Gasteiger partial charge >= 0.3 is 5.69 Å². The van der Waals surface area contributed by atoms with Gasteiger partial charge < -0.3 is 4.74 Å². The van der Waals surface area contributed by atoms with Gasteiger partial charge in [-0.3, -0.25) is 10.1 Å². The molecule has 0 amide bonds. The first kappa shape index (κ1) is 13.7. The van der Waals surface area contributed by atoms with E-state index >= 15 is 0 Å². The van der Waals surface area contributed by atoms with E-state index in [2.05, 4.69) is 0 Å². The van der Waals surface area contributed by atoms with Crippen LogP contribution in [0.25, 0.3) is 0 Å². The highest BCUT2D eigenvalue weighted by Gasteiger charge is 2.28. The van der Waals surface area contributed by atoms with E-state index < -0.39 is 19.7 Å². The summed E-state index contributed by atoms with van der Waals surface area (Å²) in [5.41, 5.74) is -0.0497. The molecule has 0 atom stereocenters. The molecular formula is C9H10ClNO5S. The summed E-state index contributed by atoms with van der Waals surface area (Å²) < 4.78 is 27.7. The molecule has 0 unspecified atom stereocenters. The Hall–Kier alpha value is -1.34. The van der Waals surface area contributed by atoms with Gasteiger partial charge in [0.25, 0.3) is 9.05 Å². The Morgan fingerprint density at radius 3 is 2.41 bits per heavy atom. The zero-order valence-corrected chi connectivity index (χ0v) is 10.7. The first-order chi connectivity index (χ1) is 7.82. The molecule has 0 aliphatic carbocycles. The number of aryl methyl sites for hydroxylation is 1. The van der Waals surface area contributed by atoms with Crippen LogP contribution < -0.4 is 4.74 Å². The molecule has 6 nitrogen and oxygen atoms in total. The van der Waals surface area contributed by atoms with Crippen LogP contribution in [0, 0.1) is 10.1 Å². The lowest BCUT2D eigenvalue weighted by atomic mass is 10.1. The summed E-state index contributed by atoms with van der Waals surface area (Å²) in [5, 5.41) is 10.7. The highest BCUT2D eigenvalue weighted by Crippen LogP contribution is 2.38. The Kier molecular flexibility index (Phi) is 3.94. The van der Waals surface area contributed by atoms with Gasteiger partial charge in [-0.1, -0.05) is 13.0 Å². The average molecular weight is 280 g/mol. The van der Waals surface area contributed by atoms with Crippen LogP contribution in [0.3, 0.4) is 0 Å². The van der Waals surface area contributed by atoms with Crippen molar-refractivity contribution in [1.29, 1.82) is 0 Å². The standard InChI is InChI=1S/C9H10ClNO5S/c1-3-6-4-5-7(11(12)13)8(16-2)9(6)17(10,14)15/h4-5H,3H2,1-2H3. The first-order valence-electron chi connectivity index (χ1n) is 4.61. The van der Waals surface area contributed by atoms with Crippen LogP contribution in [0.1, 0.15) is 12.5 Å². The van der Waals surface area contributed by atoms with Crippen LogP contribution in [0.2, 0.25) is 0 Å². The topological polar surface area (TPSA) is 86.5 Å². The number of hydrogen-bond donors (Lipinski definition) is 0. The molecule has 0 fully saturated rings. The molecule has 17 heavy (non-hydrogen) atoms. The summed E-state index contributed by atoms with van der Waals surface area (Å²) in [6, 6.07) is 2.55. The maximum atomic E-state index is 11.4. The molecule has 0 saturated heterocycles. The summed E-state index contributed by atoms with van der Waals surface area (Å²) in [6.07, 6.45) is 0.371. The fourth-order valence-corrected chi connectivity index (χ4v) is 2.92. The van der Waals surface area contributed by atoms with Crippen molar-refractivity contribution in [3.8, 4) is 5.75 Å². The number of halogens is 1. The number of nitrogens with zero attached hydrogens (tertiary/aromatic N) is 1. The summed E-state index contributed by atoms with van der Waals surface area (Å²) in [7, 11) is 2.33. The first-order valence-corrected chi connectivity index (χ1v) is 6.92. The molecular weight excluding hydrogens is 270 g/mol. The second-order valence-electron chi connectivity index (χ2n) is 3.15. The molecule has 0 bridgehead atoms. The minimum absolute atomic E-state index is 0.329. The molecule has 0 spiro atoms. The predicted molar refractivity (Wildman–Crippen MR) is 62.1 cm³/mol. The second kappa shape index (κ2) is 4.89. The summed E-state index contributed by atoms with van der Waals surface area (Å²) in [6.45, 7) is 1.71. The molecule has 0 aliphatic heterocycles. The average Bonchev–Trinajstić information content (AvgIpc) is 2.25. The molecule has 0 aliphatic rings. The maximum absolute atomic E-state index is 11.4. The Morgan fingerprint density at radius 2 is 2.06 bits per heavy atom. The van der Waals surface area contributed by atoms with Gasteiger partial charge in [-0.15, -0.1) is 0 Å². The van der Waals surface area contributed by atoms with E-state index in [1.54, 1.807) is 6.92 Å². The maximum Gasteiger partial charge on any atom is 0.312 e. The largest absolute Gasteiger partial charge is 0.489 e. The van der Waals surface area contributed by atoms with Crippen LogP contribution >= 0.6 is 10.7 Å². The van der Waals surface area contributed by atoms with E-state index in [4.69, 9.17) is 15.4 Å². The number of nitro groups is 1. The van der Waals surface area contributed by atoms with Crippen molar-refractivity contribution < 1.29 is 18.1 Å². The fraction of sp³-hybridized carbons (Fsp3) is 0.333. The third kappa shape index (κ3) is 2.67. The Bertz CT molecular complexity index is 555.